The van der Waals surface area contributed by atoms with Crippen molar-refractivity contribution in [2.24, 2.45) is 0 Å². The summed E-state index contributed by atoms with van der Waals surface area (Å²) >= 11 is 0. The summed E-state index contributed by atoms with van der Waals surface area (Å²) in [5, 5.41) is 12.9. The summed E-state index contributed by atoms with van der Waals surface area (Å²) in [6.45, 7) is 8.71. The number of hydrogen-bond donors (Lipinski definition) is 2. The van der Waals surface area contributed by atoms with Crippen molar-refractivity contribution in [2.45, 2.75) is 46.6 Å². The first kappa shape index (κ1) is 24.1. The molecule has 170 valence electrons. The molecule has 32 heavy (non-hydrogen) atoms. The summed E-state index contributed by atoms with van der Waals surface area (Å²) < 4.78 is 23.2. The number of hydrogen-bond acceptors (Lipinski definition) is 4. The van der Waals surface area contributed by atoms with E-state index >= 15 is 0 Å². The number of phenolic OH excluding ortho intramolecular Hbond substituents is 1. The predicted octanol–water partition coefficient (Wildman–Crippen LogP) is 6.26. The molecule has 2 N–H and O–H groups in total. The van der Waals surface area contributed by atoms with Gasteiger partial charge in [-0.2, -0.15) is 0 Å². The first-order valence-electron chi connectivity index (χ1n) is 10.8. The van der Waals surface area contributed by atoms with Crippen molar-refractivity contribution >= 4 is 8.18 Å². The Balaban J connectivity index is 1.56. The average molecular weight is 454 g/mol. The van der Waals surface area contributed by atoms with Crippen LogP contribution in [-0.4, -0.2) is 11.8 Å². The van der Waals surface area contributed by atoms with Crippen molar-refractivity contribution in [1.82, 2.24) is 5.09 Å². The second-order valence-electron chi connectivity index (χ2n) is 8.29. The van der Waals surface area contributed by atoms with Crippen LogP contribution < -0.4 is 9.82 Å². The Bertz CT molecular complexity index is 1040. The zero-order valence-electron chi connectivity index (χ0n) is 19.1. The van der Waals surface area contributed by atoms with E-state index in [1.165, 1.54) is 11.1 Å². The molecule has 0 aliphatic heterocycles. The van der Waals surface area contributed by atoms with Crippen LogP contribution in [-0.2, 0) is 22.1 Å². The van der Waals surface area contributed by atoms with Crippen molar-refractivity contribution in [1.29, 1.82) is 0 Å². The molecule has 0 radical (unpaired) electrons. The lowest BCUT2D eigenvalue weighted by Gasteiger charge is -2.16. The normalized spacial score (nSPS) is 12.2. The maximum Gasteiger partial charge on any atom is 0.261 e. The Morgan fingerprint density at radius 1 is 0.969 bits per heavy atom. The van der Waals surface area contributed by atoms with Gasteiger partial charge in [-0.3, -0.25) is 4.57 Å². The Morgan fingerprint density at radius 2 is 1.66 bits per heavy atom. The molecule has 3 aromatic carbocycles. The highest BCUT2D eigenvalue weighted by atomic mass is 31.1. The largest absolute Gasteiger partial charge is 0.508 e. The molecule has 0 heterocycles. The Kier molecular flexibility index (Phi) is 8.52. The molecule has 3 aromatic rings. The number of aromatic hydroxyl groups is 1. The van der Waals surface area contributed by atoms with Crippen LogP contribution in [0.5, 0.6) is 11.5 Å². The van der Waals surface area contributed by atoms with Crippen molar-refractivity contribution in [3.05, 3.63) is 94.0 Å². The van der Waals surface area contributed by atoms with Gasteiger partial charge in [-0.25, -0.2) is 5.09 Å². The molecular weight excluding hydrogens is 421 g/mol. The molecule has 0 aliphatic rings. The number of ether oxygens (including phenoxy) is 1. The quantitative estimate of drug-likeness (QED) is 0.280. The first-order chi connectivity index (χ1) is 15.3. The maximum absolute atomic E-state index is 12.1. The molecule has 0 bridgehead atoms. The van der Waals surface area contributed by atoms with E-state index in [0.717, 1.165) is 34.4 Å². The van der Waals surface area contributed by atoms with E-state index in [1.807, 2.05) is 48.5 Å². The van der Waals surface area contributed by atoms with Gasteiger partial charge in [-0.05, 0) is 77.8 Å². The molecule has 0 spiro atoms. The molecule has 6 heteroatoms. The van der Waals surface area contributed by atoms with Gasteiger partial charge in [0.1, 0.15) is 18.2 Å². The summed E-state index contributed by atoms with van der Waals surface area (Å²) in [5.41, 5.74) is 6.62. The van der Waals surface area contributed by atoms with Gasteiger partial charge in [0.25, 0.3) is 8.18 Å². The van der Waals surface area contributed by atoms with Gasteiger partial charge in [0.2, 0.25) is 0 Å². The van der Waals surface area contributed by atoms with Crippen LogP contribution in [0.4, 0.5) is 0 Å². The number of phenols is 1. The molecule has 1 atom stereocenters. The lowest BCUT2D eigenvalue weighted by atomic mass is 9.93. The van der Waals surface area contributed by atoms with E-state index < -0.39 is 8.18 Å². The number of benzene rings is 3. The molecule has 0 saturated carbocycles. The second-order valence-corrected chi connectivity index (χ2v) is 9.50. The second kappa shape index (κ2) is 11.3. The minimum Gasteiger partial charge on any atom is -0.508 e. The van der Waals surface area contributed by atoms with E-state index in [2.05, 4.69) is 38.8 Å². The van der Waals surface area contributed by atoms with Gasteiger partial charge in [0, 0.05) is 0 Å². The van der Waals surface area contributed by atoms with Crippen molar-refractivity contribution < 1.29 is 18.9 Å². The number of aryl methyl sites for hydroxylation is 2. The maximum atomic E-state index is 12.1. The highest BCUT2D eigenvalue weighted by Gasteiger charge is 2.11. The molecule has 5 nitrogen and oxygen atoms in total. The fourth-order valence-corrected chi connectivity index (χ4v) is 4.24. The standard InChI is InChI=1S/C26H32NO4P/c1-18(2)24-14-22(10-11-26(24)28)15-25-19(3)12-23(13-20(25)4)30-17-27-32(29)31-16-21-8-6-5-7-9-21/h5-14,18,28,32H,15-17H2,1-4H3,(H,27,29). The molecule has 0 aliphatic carbocycles. The van der Waals surface area contributed by atoms with Crippen LogP contribution in [0.15, 0.2) is 60.7 Å². The molecule has 1 unspecified atom stereocenters. The van der Waals surface area contributed by atoms with E-state index in [9.17, 15) is 9.67 Å². The monoisotopic (exact) mass is 453 g/mol. The van der Waals surface area contributed by atoms with Crippen LogP contribution in [0.1, 0.15) is 53.1 Å². The van der Waals surface area contributed by atoms with Gasteiger partial charge in [-0.15, -0.1) is 0 Å². The third-order valence-electron chi connectivity index (χ3n) is 5.43. The van der Waals surface area contributed by atoms with Crippen molar-refractivity contribution in [3.8, 4) is 11.5 Å². The Labute approximate surface area is 191 Å². The van der Waals surface area contributed by atoms with E-state index in [1.54, 1.807) is 6.07 Å². The van der Waals surface area contributed by atoms with Crippen LogP contribution in [0.2, 0.25) is 0 Å². The highest BCUT2D eigenvalue weighted by Crippen LogP contribution is 2.29. The van der Waals surface area contributed by atoms with E-state index in [0.29, 0.717) is 12.4 Å². The summed E-state index contributed by atoms with van der Waals surface area (Å²) in [7, 11) is -2.39. The van der Waals surface area contributed by atoms with Crippen LogP contribution in [0.25, 0.3) is 0 Å². The average Bonchev–Trinajstić information content (AvgIpc) is 2.76. The van der Waals surface area contributed by atoms with Crippen LogP contribution in [0, 0.1) is 13.8 Å². The molecule has 0 aromatic heterocycles. The minimum absolute atomic E-state index is 0.112. The topological polar surface area (TPSA) is 67.8 Å². The number of nitrogens with one attached hydrogen (secondary N) is 1. The van der Waals surface area contributed by atoms with Crippen LogP contribution in [0.3, 0.4) is 0 Å². The fraction of sp³-hybridized carbons (Fsp3) is 0.308. The summed E-state index contributed by atoms with van der Waals surface area (Å²) in [6, 6.07) is 19.5. The van der Waals surface area contributed by atoms with Gasteiger partial charge < -0.3 is 14.4 Å². The summed E-state index contributed by atoms with van der Waals surface area (Å²) in [6.07, 6.45) is 0.789. The Hall–Kier alpha value is -2.59. The number of rotatable bonds is 10. The molecule has 3 rings (SSSR count). The zero-order chi connectivity index (χ0) is 23.1. The zero-order valence-corrected chi connectivity index (χ0v) is 20.1. The SMILES string of the molecule is Cc1cc(OCN[PH](=O)OCc2ccccc2)cc(C)c1Cc1ccc(O)c(C(C)C)c1. The van der Waals surface area contributed by atoms with Gasteiger partial charge in [0.15, 0.2) is 0 Å². The highest BCUT2D eigenvalue weighted by molar-refractivity contribution is 7.36. The molecule has 0 amide bonds. The lowest BCUT2D eigenvalue weighted by Crippen LogP contribution is -2.13. The molecular formula is C26H32NO4P. The molecule has 0 fully saturated rings. The predicted molar refractivity (Wildman–Crippen MR) is 130 cm³/mol. The third kappa shape index (κ3) is 6.70. The van der Waals surface area contributed by atoms with Crippen LogP contribution >= 0.6 is 8.18 Å². The fourth-order valence-electron chi connectivity index (χ4n) is 3.65. The van der Waals surface area contributed by atoms with E-state index in [4.69, 9.17) is 9.26 Å². The van der Waals surface area contributed by atoms with Gasteiger partial charge in [-0.1, -0.05) is 56.3 Å². The Morgan fingerprint density at radius 3 is 2.31 bits per heavy atom. The smallest absolute Gasteiger partial charge is 0.261 e. The summed E-state index contributed by atoms with van der Waals surface area (Å²) in [5.74, 6) is 1.34. The summed E-state index contributed by atoms with van der Waals surface area (Å²) in [4.78, 5) is 0. The van der Waals surface area contributed by atoms with Gasteiger partial charge in [0.05, 0.1) is 6.61 Å². The minimum atomic E-state index is -2.39. The third-order valence-corrected chi connectivity index (χ3v) is 6.27. The first-order valence-corrected chi connectivity index (χ1v) is 12.1. The lowest BCUT2D eigenvalue weighted by molar-refractivity contribution is 0.277. The van der Waals surface area contributed by atoms with Crippen molar-refractivity contribution in [2.75, 3.05) is 6.73 Å². The van der Waals surface area contributed by atoms with E-state index in [-0.39, 0.29) is 12.6 Å². The van der Waals surface area contributed by atoms with Gasteiger partial charge >= 0.3 is 0 Å². The molecule has 0 saturated heterocycles. The van der Waals surface area contributed by atoms with Crippen molar-refractivity contribution in [3.63, 3.8) is 0 Å².